The number of hydrogen-bond acceptors (Lipinski definition) is 3. The lowest BCUT2D eigenvalue weighted by atomic mass is 10.2. The Kier molecular flexibility index (Phi) is 5.24. The Morgan fingerprint density at radius 1 is 0.950 bits per heavy atom. The number of rotatable bonds is 5. The summed E-state index contributed by atoms with van der Waals surface area (Å²) in [5.41, 5.74) is 2.40. The predicted octanol–water partition coefficient (Wildman–Crippen LogP) is 4.39. The number of ether oxygens (including phenoxy) is 1. The second kappa shape index (κ2) is 7.15. The summed E-state index contributed by atoms with van der Waals surface area (Å²) < 4.78 is 5.27. The summed E-state index contributed by atoms with van der Waals surface area (Å²) in [6.07, 6.45) is 0.409. The van der Waals surface area contributed by atoms with Gasteiger partial charge in [0.2, 0.25) is 0 Å². The zero-order valence-electron chi connectivity index (χ0n) is 11.8. The molecule has 20 heavy (non-hydrogen) atoms. The fourth-order valence-electron chi connectivity index (χ4n) is 1.68. The van der Waals surface area contributed by atoms with Gasteiger partial charge in [-0.15, -0.1) is 11.8 Å². The Balaban J connectivity index is 1.75. The molecule has 0 aromatic heterocycles. The summed E-state index contributed by atoms with van der Waals surface area (Å²) >= 11 is 1.67. The third-order valence-electron chi connectivity index (χ3n) is 2.85. The Bertz CT molecular complexity index is 559. The molecule has 2 rings (SSSR count). The van der Waals surface area contributed by atoms with Gasteiger partial charge in [0, 0.05) is 10.6 Å². The first-order valence-corrected chi connectivity index (χ1v) is 7.59. The van der Waals surface area contributed by atoms with E-state index in [4.69, 9.17) is 4.74 Å². The number of aryl methyl sites for hydroxylation is 2. The number of benzene rings is 2. The lowest BCUT2D eigenvalue weighted by Gasteiger charge is -2.05. The second-order valence-electron chi connectivity index (χ2n) is 4.70. The van der Waals surface area contributed by atoms with Gasteiger partial charge in [0.25, 0.3) is 0 Å². The molecule has 0 N–H and O–H groups in total. The minimum absolute atomic E-state index is 0.187. The highest BCUT2D eigenvalue weighted by molar-refractivity contribution is 7.99. The molecule has 104 valence electrons. The van der Waals surface area contributed by atoms with Crippen LogP contribution in [-0.2, 0) is 4.79 Å². The van der Waals surface area contributed by atoms with Crippen molar-refractivity contribution in [1.82, 2.24) is 0 Å². The molecule has 0 spiro atoms. The van der Waals surface area contributed by atoms with Crippen LogP contribution in [0.25, 0.3) is 0 Å². The van der Waals surface area contributed by atoms with Gasteiger partial charge in [-0.3, -0.25) is 4.79 Å². The van der Waals surface area contributed by atoms with E-state index in [0.717, 1.165) is 11.3 Å². The number of carbonyl (C=O) groups is 1. The van der Waals surface area contributed by atoms with Crippen molar-refractivity contribution in [3.05, 3.63) is 59.7 Å². The summed E-state index contributed by atoms with van der Waals surface area (Å²) in [4.78, 5) is 12.9. The second-order valence-corrected chi connectivity index (χ2v) is 5.87. The van der Waals surface area contributed by atoms with E-state index >= 15 is 0 Å². The summed E-state index contributed by atoms with van der Waals surface area (Å²) in [7, 11) is 0. The highest BCUT2D eigenvalue weighted by Gasteiger charge is 2.05. The largest absolute Gasteiger partial charge is 0.427 e. The van der Waals surface area contributed by atoms with Crippen molar-refractivity contribution >= 4 is 17.7 Å². The first-order chi connectivity index (χ1) is 9.63. The van der Waals surface area contributed by atoms with E-state index in [1.165, 1.54) is 10.5 Å². The SMILES string of the molecule is Cc1ccc(OC(=O)CCSc2ccc(C)cc2)cc1. The number of hydrogen-bond donors (Lipinski definition) is 0. The molecule has 0 atom stereocenters. The molecule has 0 radical (unpaired) electrons. The number of thioether (sulfide) groups is 1. The minimum Gasteiger partial charge on any atom is -0.427 e. The summed E-state index contributed by atoms with van der Waals surface area (Å²) in [5, 5.41) is 0. The van der Waals surface area contributed by atoms with Crippen molar-refractivity contribution in [2.24, 2.45) is 0 Å². The van der Waals surface area contributed by atoms with Gasteiger partial charge in [-0.05, 0) is 38.1 Å². The standard InChI is InChI=1S/C17H18O2S/c1-13-3-7-15(8-4-13)19-17(18)11-12-20-16-9-5-14(2)6-10-16/h3-10H,11-12H2,1-2H3. The van der Waals surface area contributed by atoms with Crippen LogP contribution in [0.3, 0.4) is 0 Å². The molecule has 0 amide bonds. The van der Waals surface area contributed by atoms with Gasteiger partial charge in [-0.2, -0.15) is 0 Å². The van der Waals surface area contributed by atoms with E-state index in [1.807, 2.05) is 31.2 Å². The lowest BCUT2D eigenvalue weighted by molar-refractivity contribution is -0.133. The number of esters is 1. The Hall–Kier alpha value is -1.74. The zero-order valence-corrected chi connectivity index (χ0v) is 12.6. The molecule has 0 fully saturated rings. The van der Waals surface area contributed by atoms with E-state index in [-0.39, 0.29) is 5.97 Å². The molecule has 0 aliphatic rings. The van der Waals surface area contributed by atoms with Gasteiger partial charge in [0.1, 0.15) is 5.75 Å². The molecular weight excluding hydrogens is 268 g/mol. The highest BCUT2D eigenvalue weighted by atomic mass is 32.2. The molecule has 0 saturated heterocycles. The van der Waals surface area contributed by atoms with Crippen LogP contribution in [0.4, 0.5) is 0 Å². The molecule has 0 aliphatic heterocycles. The Morgan fingerprint density at radius 2 is 1.50 bits per heavy atom. The average molecular weight is 286 g/mol. The average Bonchev–Trinajstić information content (AvgIpc) is 2.44. The molecule has 2 aromatic rings. The first kappa shape index (κ1) is 14.7. The van der Waals surface area contributed by atoms with Crippen molar-refractivity contribution in [2.45, 2.75) is 25.2 Å². The normalized spacial score (nSPS) is 10.3. The van der Waals surface area contributed by atoms with E-state index in [1.54, 1.807) is 11.8 Å². The fourth-order valence-corrected chi connectivity index (χ4v) is 2.51. The van der Waals surface area contributed by atoms with Gasteiger partial charge in [-0.25, -0.2) is 0 Å². The first-order valence-electron chi connectivity index (χ1n) is 6.60. The van der Waals surface area contributed by atoms with Crippen molar-refractivity contribution < 1.29 is 9.53 Å². The molecule has 0 saturated carbocycles. The molecule has 0 heterocycles. The van der Waals surface area contributed by atoms with Gasteiger partial charge < -0.3 is 4.74 Å². The fraction of sp³-hybridized carbons (Fsp3) is 0.235. The van der Waals surface area contributed by atoms with E-state index in [9.17, 15) is 4.79 Å². The lowest BCUT2D eigenvalue weighted by Crippen LogP contribution is -2.08. The Labute approximate surface area is 124 Å². The van der Waals surface area contributed by atoms with Crippen molar-refractivity contribution in [3.63, 3.8) is 0 Å². The van der Waals surface area contributed by atoms with Gasteiger partial charge in [0.15, 0.2) is 0 Å². The highest BCUT2D eigenvalue weighted by Crippen LogP contribution is 2.19. The van der Waals surface area contributed by atoms with Crippen LogP contribution in [0, 0.1) is 13.8 Å². The van der Waals surface area contributed by atoms with Crippen LogP contribution in [-0.4, -0.2) is 11.7 Å². The zero-order chi connectivity index (χ0) is 14.4. The van der Waals surface area contributed by atoms with Gasteiger partial charge in [-0.1, -0.05) is 35.4 Å². The van der Waals surface area contributed by atoms with Crippen molar-refractivity contribution in [3.8, 4) is 5.75 Å². The molecule has 3 heteroatoms. The van der Waals surface area contributed by atoms with Gasteiger partial charge in [0.05, 0.1) is 6.42 Å². The third kappa shape index (κ3) is 4.74. The maximum atomic E-state index is 11.7. The monoisotopic (exact) mass is 286 g/mol. The van der Waals surface area contributed by atoms with Crippen LogP contribution in [0.15, 0.2) is 53.4 Å². The smallest absolute Gasteiger partial charge is 0.312 e. The van der Waals surface area contributed by atoms with Crippen molar-refractivity contribution in [2.75, 3.05) is 5.75 Å². The maximum absolute atomic E-state index is 11.7. The summed E-state index contributed by atoms with van der Waals surface area (Å²) in [6.45, 7) is 4.07. The maximum Gasteiger partial charge on any atom is 0.312 e. The van der Waals surface area contributed by atoms with E-state index in [0.29, 0.717) is 12.2 Å². The van der Waals surface area contributed by atoms with Crippen LogP contribution in [0.5, 0.6) is 5.75 Å². The summed E-state index contributed by atoms with van der Waals surface area (Å²) in [5.74, 6) is 1.16. The molecule has 2 aromatic carbocycles. The molecule has 0 unspecified atom stereocenters. The summed E-state index contributed by atoms with van der Waals surface area (Å²) in [6, 6.07) is 15.8. The Morgan fingerprint density at radius 3 is 2.10 bits per heavy atom. The van der Waals surface area contributed by atoms with Crippen LogP contribution >= 0.6 is 11.8 Å². The molecule has 0 aliphatic carbocycles. The van der Waals surface area contributed by atoms with E-state index < -0.39 is 0 Å². The molecular formula is C17H18O2S. The number of carbonyl (C=O) groups excluding carboxylic acids is 1. The van der Waals surface area contributed by atoms with Gasteiger partial charge >= 0.3 is 5.97 Å². The van der Waals surface area contributed by atoms with Crippen LogP contribution in [0.2, 0.25) is 0 Å². The third-order valence-corrected chi connectivity index (χ3v) is 3.86. The molecule has 2 nitrogen and oxygen atoms in total. The quantitative estimate of drug-likeness (QED) is 0.463. The predicted molar refractivity (Wildman–Crippen MR) is 83.3 cm³/mol. The molecule has 0 bridgehead atoms. The van der Waals surface area contributed by atoms with Crippen LogP contribution < -0.4 is 4.74 Å². The van der Waals surface area contributed by atoms with E-state index in [2.05, 4.69) is 31.2 Å². The van der Waals surface area contributed by atoms with Crippen LogP contribution in [0.1, 0.15) is 17.5 Å². The van der Waals surface area contributed by atoms with Crippen molar-refractivity contribution in [1.29, 1.82) is 0 Å². The minimum atomic E-state index is -0.187. The topological polar surface area (TPSA) is 26.3 Å².